The quantitative estimate of drug-likeness (QED) is 0.775. The molecule has 0 heterocycles. The molecule has 1 nitrogen and oxygen atoms in total. The number of hydrogen-bond donors (Lipinski definition) is 1. The summed E-state index contributed by atoms with van der Waals surface area (Å²) in [6.07, 6.45) is 4.59. The Labute approximate surface area is 120 Å². The van der Waals surface area contributed by atoms with Crippen molar-refractivity contribution in [1.82, 2.24) is 5.32 Å². The van der Waals surface area contributed by atoms with E-state index < -0.39 is 12.1 Å². The molecule has 2 saturated carbocycles. The zero-order valence-corrected chi connectivity index (χ0v) is 12.5. The molecule has 4 heteroatoms. The second-order valence-corrected chi connectivity index (χ2v) is 6.97. The van der Waals surface area contributed by atoms with E-state index in [2.05, 4.69) is 12.2 Å². The average molecular weight is 291 g/mol. The predicted molar refractivity (Wildman–Crippen MR) is 75.5 cm³/mol. The van der Waals surface area contributed by atoms with Crippen molar-refractivity contribution >= 4 is 0 Å². The van der Waals surface area contributed by atoms with Gasteiger partial charge in [0, 0.05) is 6.04 Å². The van der Waals surface area contributed by atoms with E-state index >= 15 is 0 Å². The molecule has 1 N–H and O–H groups in total. The highest BCUT2D eigenvalue weighted by atomic mass is 19.4. The second kappa shape index (κ2) is 7.15. The summed E-state index contributed by atoms with van der Waals surface area (Å²) in [5.41, 5.74) is 0. The zero-order valence-electron chi connectivity index (χ0n) is 12.5. The van der Waals surface area contributed by atoms with Crippen molar-refractivity contribution in [2.24, 2.45) is 17.8 Å². The van der Waals surface area contributed by atoms with Crippen LogP contribution in [-0.2, 0) is 0 Å². The van der Waals surface area contributed by atoms with Crippen LogP contribution < -0.4 is 5.32 Å². The maximum Gasteiger partial charge on any atom is 0.391 e. The van der Waals surface area contributed by atoms with Crippen LogP contribution >= 0.6 is 0 Å². The number of alkyl halides is 3. The van der Waals surface area contributed by atoms with Crippen LogP contribution in [-0.4, -0.2) is 18.8 Å². The van der Waals surface area contributed by atoms with Gasteiger partial charge in [-0.2, -0.15) is 13.2 Å². The number of hydrogen-bond acceptors (Lipinski definition) is 1. The molecular weight excluding hydrogens is 263 g/mol. The highest BCUT2D eigenvalue weighted by Crippen LogP contribution is 2.37. The lowest BCUT2D eigenvalue weighted by Crippen LogP contribution is -2.37. The number of halogens is 3. The van der Waals surface area contributed by atoms with E-state index in [0.29, 0.717) is 31.7 Å². The fourth-order valence-corrected chi connectivity index (χ4v) is 3.94. The Morgan fingerprint density at radius 1 is 1.00 bits per heavy atom. The minimum absolute atomic E-state index is 0.307. The first-order chi connectivity index (χ1) is 9.45. The fourth-order valence-electron chi connectivity index (χ4n) is 3.94. The van der Waals surface area contributed by atoms with Crippen molar-refractivity contribution in [3.63, 3.8) is 0 Å². The zero-order chi connectivity index (χ0) is 14.6. The maximum atomic E-state index is 12.6. The van der Waals surface area contributed by atoms with E-state index in [1.54, 1.807) is 0 Å². The first kappa shape index (κ1) is 16.1. The smallest absolute Gasteiger partial charge is 0.314 e. The van der Waals surface area contributed by atoms with Crippen LogP contribution in [0.25, 0.3) is 0 Å². The molecule has 0 aromatic rings. The summed E-state index contributed by atoms with van der Waals surface area (Å²) >= 11 is 0. The third-order valence-electron chi connectivity index (χ3n) is 5.22. The normalized spacial score (nSPS) is 36.0. The molecule has 0 spiro atoms. The highest BCUT2D eigenvalue weighted by molar-refractivity contribution is 4.81. The minimum atomic E-state index is -3.98. The number of nitrogens with one attached hydrogen (secondary N) is 1. The van der Waals surface area contributed by atoms with Crippen molar-refractivity contribution in [2.45, 2.75) is 76.9 Å². The Balaban J connectivity index is 1.59. The van der Waals surface area contributed by atoms with Gasteiger partial charge in [-0.25, -0.2) is 0 Å². The van der Waals surface area contributed by atoms with Crippen LogP contribution in [0.3, 0.4) is 0 Å². The summed E-state index contributed by atoms with van der Waals surface area (Å²) in [6, 6.07) is 0.314. The Kier molecular flexibility index (Phi) is 5.76. The van der Waals surface area contributed by atoms with Crippen molar-refractivity contribution < 1.29 is 13.2 Å². The summed E-state index contributed by atoms with van der Waals surface area (Å²) in [7, 11) is 0. The molecule has 2 aliphatic carbocycles. The van der Waals surface area contributed by atoms with Crippen LogP contribution in [0.1, 0.15) is 64.7 Å². The maximum absolute atomic E-state index is 12.6. The third kappa shape index (κ3) is 4.94. The molecular formula is C16H28F3N. The molecule has 2 aliphatic rings. The second-order valence-electron chi connectivity index (χ2n) is 6.97. The lowest BCUT2D eigenvalue weighted by molar-refractivity contribution is -0.182. The third-order valence-corrected chi connectivity index (χ3v) is 5.22. The van der Waals surface area contributed by atoms with Gasteiger partial charge in [-0.15, -0.1) is 0 Å². The summed E-state index contributed by atoms with van der Waals surface area (Å²) < 4.78 is 37.7. The van der Waals surface area contributed by atoms with E-state index in [1.165, 1.54) is 32.1 Å². The molecule has 0 aliphatic heterocycles. The Morgan fingerprint density at radius 2 is 1.70 bits per heavy atom. The Morgan fingerprint density at radius 3 is 2.30 bits per heavy atom. The molecule has 2 fully saturated rings. The lowest BCUT2D eigenvalue weighted by Gasteiger charge is -2.31. The monoisotopic (exact) mass is 291 g/mol. The van der Waals surface area contributed by atoms with Gasteiger partial charge in [0.1, 0.15) is 0 Å². The molecule has 2 rings (SSSR count). The summed E-state index contributed by atoms with van der Waals surface area (Å²) in [6.45, 7) is 3.32. The van der Waals surface area contributed by atoms with Gasteiger partial charge in [-0.05, 0) is 56.9 Å². The Hall–Kier alpha value is -0.250. The summed E-state index contributed by atoms with van der Waals surface area (Å²) in [5.74, 6) is 0.633. The molecule has 0 radical (unpaired) electrons. The van der Waals surface area contributed by atoms with Crippen molar-refractivity contribution in [1.29, 1.82) is 0 Å². The van der Waals surface area contributed by atoms with Gasteiger partial charge >= 0.3 is 6.18 Å². The molecule has 20 heavy (non-hydrogen) atoms. The first-order valence-corrected chi connectivity index (χ1v) is 8.25. The fraction of sp³-hybridized carbons (Fsp3) is 1.00. The average Bonchev–Trinajstić information content (AvgIpc) is 2.38. The molecule has 2 unspecified atom stereocenters. The summed E-state index contributed by atoms with van der Waals surface area (Å²) in [4.78, 5) is 0. The molecule has 0 bridgehead atoms. The van der Waals surface area contributed by atoms with Crippen LogP contribution in [0.4, 0.5) is 13.2 Å². The van der Waals surface area contributed by atoms with E-state index in [-0.39, 0.29) is 0 Å². The van der Waals surface area contributed by atoms with Gasteiger partial charge in [0.2, 0.25) is 0 Å². The SMILES string of the molecule is CC1CCCC(CCNC2CCC(C(F)(F)F)CC2)C1. The molecule has 0 aromatic carbocycles. The van der Waals surface area contributed by atoms with Crippen LogP contribution in [0.15, 0.2) is 0 Å². The first-order valence-electron chi connectivity index (χ1n) is 8.25. The van der Waals surface area contributed by atoms with E-state index in [0.717, 1.165) is 18.4 Å². The van der Waals surface area contributed by atoms with Gasteiger partial charge in [0.05, 0.1) is 5.92 Å². The topological polar surface area (TPSA) is 12.0 Å². The van der Waals surface area contributed by atoms with Crippen molar-refractivity contribution in [2.75, 3.05) is 6.54 Å². The number of rotatable bonds is 4. The lowest BCUT2D eigenvalue weighted by atomic mass is 9.80. The largest absolute Gasteiger partial charge is 0.391 e. The molecule has 0 saturated heterocycles. The van der Waals surface area contributed by atoms with Gasteiger partial charge in [-0.3, -0.25) is 0 Å². The Bertz CT molecular complexity index is 282. The van der Waals surface area contributed by atoms with Crippen molar-refractivity contribution in [3.8, 4) is 0 Å². The van der Waals surface area contributed by atoms with Crippen LogP contribution in [0.5, 0.6) is 0 Å². The van der Waals surface area contributed by atoms with Gasteiger partial charge in [-0.1, -0.05) is 26.2 Å². The van der Waals surface area contributed by atoms with E-state index in [4.69, 9.17) is 0 Å². The predicted octanol–water partition coefficient (Wildman–Crippen LogP) is 4.91. The molecule has 0 aromatic heterocycles. The standard InChI is InChI=1S/C16H28F3N/c1-12-3-2-4-13(11-12)9-10-20-15-7-5-14(6-8-15)16(17,18)19/h12-15,20H,2-11H2,1H3. The molecule has 2 atom stereocenters. The van der Waals surface area contributed by atoms with Gasteiger partial charge < -0.3 is 5.32 Å². The molecule has 0 amide bonds. The van der Waals surface area contributed by atoms with E-state index in [1.807, 2.05) is 0 Å². The minimum Gasteiger partial charge on any atom is -0.314 e. The highest BCUT2D eigenvalue weighted by Gasteiger charge is 2.41. The van der Waals surface area contributed by atoms with Crippen LogP contribution in [0.2, 0.25) is 0 Å². The summed E-state index contributed by atoms with van der Waals surface area (Å²) in [5, 5.41) is 3.49. The van der Waals surface area contributed by atoms with Gasteiger partial charge in [0.15, 0.2) is 0 Å². The van der Waals surface area contributed by atoms with E-state index in [9.17, 15) is 13.2 Å². The van der Waals surface area contributed by atoms with Crippen molar-refractivity contribution in [3.05, 3.63) is 0 Å². The van der Waals surface area contributed by atoms with Gasteiger partial charge in [0.25, 0.3) is 0 Å². The molecule has 118 valence electrons. The van der Waals surface area contributed by atoms with Crippen LogP contribution in [0, 0.1) is 17.8 Å².